The van der Waals surface area contributed by atoms with Gasteiger partial charge in [0, 0.05) is 12.0 Å². The van der Waals surface area contributed by atoms with Gasteiger partial charge in [-0.1, -0.05) is 24.3 Å². The Labute approximate surface area is 129 Å². The number of carbonyl (C=O) groups is 1. The van der Waals surface area contributed by atoms with Gasteiger partial charge >= 0.3 is 5.97 Å². The van der Waals surface area contributed by atoms with Crippen LogP contribution in [0.2, 0.25) is 0 Å². The Balaban J connectivity index is 1.73. The highest BCUT2D eigenvalue weighted by molar-refractivity contribution is 5.87. The van der Waals surface area contributed by atoms with Crippen LogP contribution in [0.25, 0.3) is 0 Å². The second kappa shape index (κ2) is 5.37. The molecule has 1 N–H and O–H groups in total. The Morgan fingerprint density at radius 1 is 1.23 bits per heavy atom. The van der Waals surface area contributed by atoms with Crippen molar-refractivity contribution in [2.45, 2.75) is 32.5 Å². The van der Waals surface area contributed by atoms with Gasteiger partial charge in [0.05, 0.1) is 5.56 Å². The van der Waals surface area contributed by atoms with Crippen molar-refractivity contribution in [3.8, 4) is 11.5 Å². The molecule has 0 spiro atoms. The summed E-state index contributed by atoms with van der Waals surface area (Å²) < 4.78 is 11.8. The number of hydrogen-bond acceptors (Lipinski definition) is 3. The molecule has 4 heteroatoms. The predicted molar refractivity (Wildman–Crippen MR) is 82.6 cm³/mol. The highest BCUT2D eigenvalue weighted by Gasteiger charge is 2.32. The number of para-hydroxylation sites is 1. The molecule has 1 heterocycles. The Kier molecular flexibility index (Phi) is 3.53. The average molecular weight is 298 g/mol. The molecule has 0 saturated carbocycles. The SMILES string of the molecule is CC1(C)Cc2cccc(OCc3ccc(C(=O)O)cc3)c2O1. The van der Waals surface area contributed by atoms with Crippen molar-refractivity contribution >= 4 is 5.97 Å². The zero-order valence-corrected chi connectivity index (χ0v) is 12.6. The van der Waals surface area contributed by atoms with E-state index in [1.807, 2.05) is 12.1 Å². The lowest BCUT2D eigenvalue weighted by atomic mass is 10.0. The van der Waals surface area contributed by atoms with E-state index in [1.54, 1.807) is 24.3 Å². The Morgan fingerprint density at radius 2 is 1.95 bits per heavy atom. The molecule has 0 bridgehead atoms. The van der Waals surface area contributed by atoms with Crippen LogP contribution in [0.15, 0.2) is 42.5 Å². The largest absolute Gasteiger partial charge is 0.485 e. The van der Waals surface area contributed by atoms with Crippen molar-refractivity contribution < 1.29 is 19.4 Å². The summed E-state index contributed by atoms with van der Waals surface area (Å²) >= 11 is 0. The summed E-state index contributed by atoms with van der Waals surface area (Å²) in [6, 6.07) is 12.6. The Hall–Kier alpha value is -2.49. The lowest BCUT2D eigenvalue weighted by Gasteiger charge is -2.18. The highest BCUT2D eigenvalue weighted by Crippen LogP contribution is 2.41. The second-order valence-corrected chi connectivity index (χ2v) is 6.07. The summed E-state index contributed by atoms with van der Waals surface area (Å²) in [7, 11) is 0. The van der Waals surface area contributed by atoms with E-state index in [2.05, 4.69) is 19.9 Å². The third kappa shape index (κ3) is 2.91. The molecule has 0 unspecified atom stereocenters. The van der Waals surface area contributed by atoms with Crippen LogP contribution in [0, 0.1) is 0 Å². The van der Waals surface area contributed by atoms with Crippen LogP contribution in [0.4, 0.5) is 0 Å². The molecule has 114 valence electrons. The smallest absolute Gasteiger partial charge is 0.335 e. The summed E-state index contributed by atoms with van der Waals surface area (Å²) in [5, 5.41) is 8.89. The van der Waals surface area contributed by atoms with Crippen LogP contribution in [-0.4, -0.2) is 16.7 Å². The molecule has 0 radical (unpaired) electrons. The molecular weight excluding hydrogens is 280 g/mol. The van der Waals surface area contributed by atoms with Crippen LogP contribution in [-0.2, 0) is 13.0 Å². The van der Waals surface area contributed by atoms with Crippen molar-refractivity contribution in [1.29, 1.82) is 0 Å². The summed E-state index contributed by atoms with van der Waals surface area (Å²) in [6.07, 6.45) is 0.868. The number of carboxylic acids is 1. The van der Waals surface area contributed by atoms with Crippen molar-refractivity contribution in [2.75, 3.05) is 0 Å². The fourth-order valence-corrected chi connectivity index (χ4v) is 2.61. The first-order valence-electron chi connectivity index (χ1n) is 7.20. The van der Waals surface area contributed by atoms with E-state index in [0.29, 0.717) is 6.61 Å². The number of hydrogen-bond donors (Lipinski definition) is 1. The number of fused-ring (bicyclic) bond motifs is 1. The summed E-state index contributed by atoms with van der Waals surface area (Å²) in [4.78, 5) is 10.8. The zero-order valence-electron chi connectivity index (χ0n) is 12.6. The van der Waals surface area contributed by atoms with Gasteiger partial charge in [0.1, 0.15) is 12.2 Å². The standard InChI is InChI=1S/C18H18O4/c1-18(2)10-14-4-3-5-15(16(14)22-18)21-11-12-6-8-13(9-7-12)17(19)20/h3-9H,10-11H2,1-2H3,(H,19,20). The third-order valence-corrected chi connectivity index (χ3v) is 3.65. The first-order valence-corrected chi connectivity index (χ1v) is 7.20. The van der Waals surface area contributed by atoms with Crippen molar-refractivity contribution in [1.82, 2.24) is 0 Å². The Morgan fingerprint density at radius 3 is 2.64 bits per heavy atom. The molecule has 4 nitrogen and oxygen atoms in total. The van der Waals surface area contributed by atoms with Gasteiger partial charge in [-0.25, -0.2) is 4.79 Å². The van der Waals surface area contributed by atoms with E-state index < -0.39 is 5.97 Å². The summed E-state index contributed by atoms with van der Waals surface area (Å²) in [6.45, 7) is 4.49. The quantitative estimate of drug-likeness (QED) is 0.935. The minimum absolute atomic E-state index is 0.203. The van der Waals surface area contributed by atoms with Gasteiger partial charge in [0.15, 0.2) is 11.5 Å². The molecule has 0 aliphatic carbocycles. The molecule has 0 fully saturated rings. The number of ether oxygens (including phenoxy) is 2. The number of carboxylic acid groups (broad SMARTS) is 1. The van der Waals surface area contributed by atoms with Crippen LogP contribution in [0.1, 0.15) is 35.3 Å². The molecular formula is C18H18O4. The first kappa shape index (κ1) is 14.4. The fraction of sp³-hybridized carbons (Fsp3) is 0.278. The molecule has 0 saturated heterocycles. The molecule has 0 amide bonds. The van der Waals surface area contributed by atoms with Crippen LogP contribution >= 0.6 is 0 Å². The lowest BCUT2D eigenvalue weighted by Crippen LogP contribution is -2.24. The van der Waals surface area contributed by atoms with Gasteiger partial charge in [-0.15, -0.1) is 0 Å². The molecule has 0 aromatic heterocycles. The zero-order chi connectivity index (χ0) is 15.7. The fourth-order valence-electron chi connectivity index (χ4n) is 2.61. The first-order chi connectivity index (χ1) is 10.4. The van der Waals surface area contributed by atoms with Crippen molar-refractivity contribution in [2.24, 2.45) is 0 Å². The molecule has 3 rings (SSSR count). The van der Waals surface area contributed by atoms with E-state index in [4.69, 9.17) is 14.6 Å². The summed E-state index contributed by atoms with van der Waals surface area (Å²) in [5.41, 5.74) is 2.14. The maximum Gasteiger partial charge on any atom is 0.335 e. The van der Waals surface area contributed by atoms with E-state index in [-0.39, 0.29) is 11.2 Å². The van der Waals surface area contributed by atoms with Gasteiger partial charge < -0.3 is 14.6 Å². The summed E-state index contributed by atoms with van der Waals surface area (Å²) in [5.74, 6) is 0.615. The van der Waals surface area contributed by atoms with Crippen molar-refractivity contribution in [3.05, 3.63) is 59.2 Å². The predicted octanol–water partition coefficient (Wildman–Crippen LogP) is 3.68. The minimum Gasteiger partial charge on any atom is -0.485 e. The molecule has 2 aromatic carbocycles. The topological polar surface area (TPSA) is 55.8 Å². The van der Waals surface area contributed by atoms with Crippen molar-refractivity contribution in [3.63, 3.8) is 0 Å². The van der Waals surface area contributed by atoms with Gasteiger partial charge in [0.2, 0.25) is 0 Å². The lowest BCUT2D eigenvalue weighted by molar-refractivity contribution is 0.0697. The van der Waals surface area contributed by atoms with E-state index in [0.717, 1.165) is 29.0 Å². The van der Waals surface area contributed by atoms with Gasteiger partial charge in [0.25, 0.3) is 0 Å². The van der Waals surface area contributed by atoms with E-state index >= 15 is 0 Å². The maximum atomic E-state index is 10.8. The van der Waals surface area contributed by atoms with Gasteiger partial charge in [-0.05, 0) is 37.6 Å². The second-order valence-electron chi connectivity index (χ2n) is 6.07. The Bertz CT molecular complexity index is 702. The molecule has 1 aliphatic rings. The average Bonchev–Trinajstić information content (AvgIpc) is 2.80. The third-order valence-electron chi connectivity index (χ3n) is 3.65. The highest BCUT2D eigenvalue weighted by atomic mass is 16.5. The normalized spacial score (nSPS) is 15.0. The molecule has 1 aliphatic heterocycles. The van der Waals surface area contributed by atoms with E-state index in [9.17, 15) is 4.79 Å². The van der Waals surface area contributed by atoms with Crippen LogP contribution in [0.5, 0.6) is 11.5 Å². The number of benzene rings is 2. The number of aromatic carboxylic acids is 1. The van der Waals surface area contributed by atoms with Gasteiger partial charge in [-0.2, -0.15) is 0 Å². The minimum atomic E-state index is -0.927. The maximum absolute atomic E-state index is 10.8. The number of rotatable bonds is 4. The molecule has 0 atom stereocenters. The monoisotopic (exact) mass is 298 g/mol. The van der Waals surface area contributed by atoms with Gasteiger partial charge in [-0.3, -0.25) is 0 Å². The van der Waals surface area contributed by atoms with Crippen LogP contribution < -0.4 is 9.47 Å². The molecule has 22 heavy (non-hydrogen) atoms. The molecule has 2 aromatic rings. The van der Waals surface area contributed by atoms with Crippen LogP contribution in [0.3, 0.4) is 0 Å². The van der Waals surface area contributed by atoms with E-state index in [1.165, 1.54) is 0 Å².